The Bertz CT molecular complexity index is 3100. The van der Waals surface area contributed by atoms with Crippen molar-refractivity contribution in [2.75, 3.05) is 0 Å². The smallest absolute Gasteiger partial charge is 0.164 e. The molecule has 0 bridgehead atoms. The van der Waals surface area contributed by atoms with E-state index in [9.17, 15) is 5.26 Å². The fourth-order valence-electron chi connectivity index (χ4n) is 7.46. The molecule has 0 radical (unpaired) electrons. The number of furan rings is 1. The second-order valence-electron chi connectivity index (χ2n) is 13.5. The SMILES string of the molecule is N#Cc1cccc(-c2cccc(-c3nc(-c4ccc5c(c4)oc4cccc(-c6ccc(-c7ccccc7)cc6)c45)nc(-c4cccc5ccccc45)n3)c2)c1. The molecule has 0 unspecified atom stereocenters. The summed E-state index contributed by atoms with van der Waals surface area (Å²) >= 11 is 0. The quantitative estimate of drug-likeness (QED) is 0.172. The molecule has 5 nitrogen and oxygen atoms in total. The highest BCUT2D eigenvalue weighted by atomic mass is 16.3. The summed E-state index contributed by atoms with van der Waals surface area (Å²) in [6.07, 6.45) is 0. The van der Waals surface area contributed by atoms with E-state index in [1.807, 2.05) is 84.9 Å². The zero-order valence-electron chi connectivity index (χ0n) is 29.5. The van der Waals surface area contributed by atoms with Crippen LogP contribution in [0.4, 0.5) is 0 Å². The van der Waals surface area contributed by atoms with Crippen molar-refractivity contribution in [3.05, 3.63) is 188 Å². The van der Waals surface area contributed by atoms with Gasteiger partial charge in [-0.25, -0.2) is 15.0 Å². The lowest BCUT2D eigenvalue weighted by molar-refractivity contribution is 0.669. The molecule has 0 aliphatic heterocycles. The molecule has 0 saturated heterocycles. The molecule has 2 heterocycles. The van der Waals surface area contributed by atoms with Crippen LogP contribution in [-0.2, 0) is 0 Å². The third-order valence-corrected chi connectivity index (χ3v) is 10.2. The zero-order valence-corrected chi connectivity index (χ0v) is 29.5. The number of rotatable bonds is 6. The molecular formula is C50H30N4O. The van der Waals surface area contributed by atoms with Crippen LogP contribution >= 0.6 is 0 Å². The minimum Gasteiger partial charge on any atom is -0.456 e. The molecule has 0 amide bonds. The van der Waals surface area contributed by atoms with Gasteiger partial charge in [0.15, 0.2) is 17.5 Å². The third kappa shape index (κ3) is 5.89. The number of aromatic nitrogens is 3. The Balaban J connectivity index is 1.11. The normalized spacial score (nSPS) is 11.3. The number of nitrogens with zero attached hydrogens (tertiary/aromatic N) is 4. The first kappa shape index (κ1) is 32.0. The fourth-order valence-corrected chi connectivity index (χ4v) is 7.46. The lowest BCUT2D eigenvalue weighted by Gasteiger charge is -2.11. The first-order valence-electron chi connectivity index (χ1n) is 18.2. The standard InChI is InChI=1S/C50H30N4O/c51-31-32-10-6-15-37(28-32)38-16-7-17-39(29-38)48-52-49(54-50(53-48)43-20-8-14-35-13-4-5-18-41(35)43)40-26-27-44-46(30-40)55-45-21-9-19-42(47(44)45)36-24-22-34(23-25-36)33-11-2-1-3-12-33/h1-30H. The Labute approximate surface area is 317 Å². The van der Waals surface area contributed by atoms with Crippen molar-refractivity contribution in [2.45, 2.75) is 0 Å². The summed E-state index contributed by atoms with van der Waals surface area (Å²) in [5, 5.41) is 13.8. The van der Waals surface area contributed by atoms with Crippen molar-refractivity contribution in [3.8, 4) is 73.6 Å². The molecule has 256 valence electrons. The van der Waals surface area contributed by atoms with E-state index < -0.39 is 0 Å². The molecule has 0 spiro atoms. The summed E-state index contributed by atoms with van der Waals surface area (Å²) in [7, 11) is 0. The van der Waals surface area contributed by atoms with E-state index >= 15 is 0 Å². The molecule has 0 N–H and O–H groups in total. The monoisotopic (exact) mass is 702 g/mol. The molecule has 0 fully saturated rings. The predicted octanol–water partition coefficient (Wildman–Crippen LogP) is 12.8. The van der Waals surface area contributed by atoms with E-state index in [4.69, 9.17) is 19.4 Å². The van der Waals surface area contributed by atoms with E-state index in [-0.39, 0.29) is 0 Å². The van der Waals surface area contributed by atoms with Crippen molar-refractivity contribution in [2.24, 2.45) is 0 Å². The fraction of sp³-hybridized carbons (Fsp3) is 0. The molecule has 0 aliphatic carbocycles. The molecule has 10 aromatic rings. The van der Waals surface area contributed by atoms with Gasteiger partial charge in [-0.3, -0.25) is 0 Å². The summed E-state index contributed by atoms with van der Waals surface area (Å²) in [4.78, 5) is 15.3. The molecule has 2 aromatic heterocycles. The van der Waals surface area contributed by atoms with Crippen LogP contribution in [-0.4, -0.2) is 15.0 Å². The molecule has 5 heteroatoms. The summed E-state index contributed by atoms with van der Waals surface area (Å²) < 4.78 is 6.55. The van der Waals surface area contributed by atoms with Crippen molar-refractivity contribution in [1.82, 2.24) is 15.0 Å². The highest BCUT2D eigenvalue weighted by molar-refractivity contribution is 6.13. The van der Waals surface area contributed by atoms with E-state index in [0.717, 1.165) is 71.7 Å². The van der Waals surface area contributed by atoms with Crippen LogP contribution in [0.3, 0.4) is 0 Å². The summed E-state index contributed by atoms with van der Waals surface area (Å²) in [5.74, 6) is 1.68. The van der Waals surface area contributed by atoms with Gasteiger partial charge in [0.2, 0.25) is 0 Å². The van der Waals surface area contributed by atoms with Crippen molar-refractivity contribution < 1.29 is 4.42 Å². The highest BCUT2D eigenvalue weighted by Gasteiger charge is 2.18. The van der Waals surface area contributed by atoms with E-state index in [1.54, 1.807) is 0 Å². The number of nitriles is 1. The highest BCUT2D eigenvalue weighted by Crippen LogP contribution is 2.39. The topological polar surface area (TPSA) is 75.6 Å². The molecular weight excluding hydrogens is 673 g/mol. The van der Waals surface area contributed by atoms with Gasteiger partial charge in [0.1, 0.15) is 11.2 Å². The summed E-state index contributed by atoms with van der Waals surface area (Å²) in [5.41, 5.74) is 11.3. The first-order chi connectivity index (χ1) is 27.2. The van der Waals surface area contributed by atoms with Gasteiger partial charge in [-0.1, -0.05) is 146 Å². The predicted molar refractivity (Wildman–Crippen MR) is 222 cm³/mol. The van der Waals surface area contributed by atoms with Gasteiger partial charge >= 0.3 is 0 Å². The number of hydrogen-bond acceptors (Lipinski definition) is 5. The molecule has 0 saturated carbocycles. The average molecular weight is 703 g/mol. The van der Waals surface area contributed by atoms with Crippen LogP contribution in [0.1, 0.15) is 5.56 Å². The van der Waals surface area contributed by atoms with Gasteiger partial charge in [0, 0.05) is 27.5 Å². The third-order valence-electron chi connectivity index (χ3n) is 10.2. The van der Waals surface area contributed by atoms with Gasteiger partial charge < -0.3 is 4.42 Å². The van der Waals surface area contributed by atoms with Crippen LogP contribution in [0, 0.1) is 11.3 Å². The van der Waals surface area contributed by atoms with Crippen molar-refractivity contribution in [3.63, 3.8) is 0 Å². The Morgan fingerprint density at radius 3 is 1.80 bits per heavy atom. The second kappa shape index (κ2) is 13.4. The molecule has 0 aliphatic rings. The summed E-state index contributed by atoms with van der Waals surface area (Å²) in [6, 6.07) is 64.0. The van der Waals surface area contributed by atoms with Crippen molar-refractivity contribution >= 4 is 32.7 Å². The van der Waals surface area contributed by atoms with E-state index in [1.165, 1.54) is 11.1 Å². The van der Waals surface area contributed by atoms with Crippen molar-refractivity contribution in [1.29, 1.82) is 5.26 Å². The molecule has 55 heavy (non-hydrogen) atoms. The van der Waals surface area contributed by atoms with Crippen LogP contribution in [0.5, 0.6) is 0 Å². The summed E-state index contributed by atoms with van der Waals surface area (Å²) in [6.45, 7) is 0. The van der Waals surface area contributed by atoms with Gasteiger partial charge in [-0.15, -0.1) is 0 Å². The maximum Gasteiger partial charge on any atom is 0.164 e. The lowest BCUT2D eigenvalue weighted by Crippen LogP contribution is -2.00. The zero-order chi connectivity index (χ0) is 36.7. The molecule has 8 aromatic carbocycles. The number of hydrogen-bond donors (Lipinski definition) is 0. The maximum absolute atomic E-state index is 9.53. The molecule has 10 rings (SSSR count). The molecule has 0 atom stereocenters. The Morgan fingerprint density at radius 2 is 0.964 bits per heavy atom. The van der Waals surface area contributed by atoms with Gasteiger partial charge in [0.25, 0.3) is 0 Å². The Kier molecular flexibility index (Phi) is 7.79. The van der Waals surface area contributed by atoms with Crippen LogP contribution in [0.25, 0.3) is 100 Å². The lowest BCUT2D eigenvalue weighted by atomic mass is 9.96. The first-order valence-corrected chi connectivity index (χ1v) is 18.2. The van der Waals surface area contributed by atoms with Gasteiger partial charge in [0.05, 0.1) is 11.6 Å². The Morgan fingerprint density at radius 1 is 0.382 bits per heavy atom. The van der Waals surface area contributed by atoms with Crippen LogP contribution in [0.2, 0.25) is 0 Å². The van der Waals surface area contributed by atoms with E-state index in [2.05, 4.69) is 103 Å². The average Bonchev–Trinajstić information content (AvgIpc) is 3.65. The minimum absolute atomic E-state index is 0.545. The van der Waals surface area contributed by atoms with Crippen LogP contribution < -0.4 is 0 Å². The van der Waals surface area contributed by atoms with Gasteiger partial charge in [-0.2, -0.15) is 5.26 Å². The minimum atomic E-state index is 0.545. The second-order valence-corrected chi connectivity index (χ2v) is 13.5. The maximum atomic E-state index is 9.53. The van der Waals surface area contributed by atoms with Gasteiger partial charge in [-0.05, 0) is 80.6 Å². The Hall–Kier alpha value is -7.68. The largest absolute Gasteiger partial charge is 0.456 e. The van der Waals surface area contributed by atoms with Crippen LogP contribution in [0.15, 0.2) is 186 Å². The number of fused-ring (bicyclic) bond motifs is 4. The van der Waals surface area contributed by atoms with E-state index in [0.29, 0.717) is 23.0 Å². The number of benzene rings is 8.